The summed E-state index contributed by atoms with van der Waals surface area (Å²) >= 11 is 0. The molecule has 1 aliphatic rings. The lowest BCUT2D eigenvalue weighted by Gasteiger charge is -2.21. The second kappa shape index (κ2) is 4.42. The van der Waals surface area contributed by atoms with Crippen LogP contribution in [0.5, 0.6) is 0 Å². The van der Waals surface area contributed by atoms with Crippen molar-refractivity contribution in [3.63, 3.8) is 0 Å². The first-order valence-corrected chi connectivity index (χ1v) is 6.11. The van der Waals surface area contributed by atoms with Crippen LogP contribution in [0.2, 0.25) is 0 Å². The Morgan fingerprint density at radius 3 is 2.65 bits per heavy atom. The number of hydrogen-bond acceptors (Lipinski definition) is 3. The maximum atomic E-state index is 9.10. The largest absolute Gasteiger partial charge is 0.384 e. The quantitative estimate of drug-likeness (QED) is 0.843. The molecule has 0 amide bonds. The minimum atomic E-state index is 0.550. The molecular formula is C13H20N4. The number of likely N-dealkylation sites (tertiary alicyclic amines) is 1. The number of nitrogens with zero attached hydrogens (tertiary/aromatic N) is 3. The monoisotopic (exact) mass is 232 g/mol. The molecule has 0 spiro atoms. The summed E-state index contributed by atoms with van der Waals surface area (Å²) in [4.78, 5) is 2.38. The van der Waals surface area contributed by atoms with Crippen LogP contribution in [0.1, 0.15) is 29.7 Å². The molecule has 0 bridgehead atoms. The SMILES string of the molecule is Cc1c(C#N)c(N)n(CC2CCCN2C)c1C. The topological polar surface area (TPSA) is 58.0 Å². The highest BCUT2D eigenvalue weighted by Crippen LogP contribution is 2.26. The van der Waals surface area contributed by atoms with Crippen molar-refractivity contribution in [3.8, 4) is 6.07 Å². The Bertz CT molecular complexity index is 467. The molecule has 17 heavy (non-hydrogen) atoms. The van der Waals surface area contributed by atoms with Crippen LogP contribution < -0.4 is 5.73 Å². The van der Waals surface area contributed by atoms with Crippen LogP contribution in [0.4, 0.5) is 5.82 Å². The molecule has 0 saturated carbocycles. The van der Waals surface area contributed by atoms with Crippen molar-refractivity contribution in [1.29, 1.82) is 5.26 Å². The van der Waals surface area contributed by atoms with Gasteiger partial charge in [0.15, 0.2) is 0 Å². The van der Waals surface area contributed by atoms with Crippen molar-refractivity contribution in [2.45, 2.75) is 39.3 Å². The van der Waals surface area contributed by atoms with E-state index in [9.17, 15) is 0 Å². The van der Waals surface area contributed by atoms with Crippen LogP contribution in [-0.2, 0) is 6.54 Å². The number of nitrogens with two attached hydrogens (primary N) is 1. The van der Waals surface area contributed by atoms with Gasteiger partial charge in [-0.25, -0.2) is 0 Å². The molecule has 0 aliphatic carbocycles. The average Bonchev–Trinajstić information content (AvgIpc) is 2.78. The number of nitriles is 1. The summed E-state index contributed by atoms with van der Waals surface area (Å²) in [6, 6.07) is 2.75. The van der Waals surface area contributed by atoms with Crippen molar-refractivity contribution in [2.75, 3.05) is 19.3 Å². The third-order valence-corrected chi connectivity index (χ3v) is 4.05. The molecule has 92 valence electrons. The molecule has 4 heteroatoms. The Balaban J connectivity index is 2.30. The number of hydrogen-bond donors (Lipinski definition) is 1. The van der Waals surface area contributed by atoms with E-state index in [1.807, 2.05) is 13.8 Å². The lowest BCUT2D eigenvalue weighted by atomic mass is 10.2. The van der Waals surface area contributed by atoms with Gasteiger partial charge in [-0.1, -0.05) is 0 Å². The molecule has 1 fully saturated rings. The molecule has 1 saturated heterocycles. The van der Waals surface area contributed by atoms with Crippen molar-refractivity contribution in [1.82, 2.24) is 9.47 Å². The van der Waals surface area contributed by atoms with E-state index < -0.39 is 0 Å². The molecule has 1 aromatic rings. The minimum Gasteiger partial charge on any atom is -0.384 e. The Hall–Kier alpha value is -1.47. The van der Waals surface area contributed by atoms with Crippen molar-refractivity contribution in [3.05, 3.63) is 16.8 Å². The van der Waals surface area contributed by atoms with Gasteiger partial charge < -0.3 is 15.2 Å². The summed E-state index contributed by atoms with van der Waals surface area (Å²) in [6.45, 7) is 6.08. The van der Waals surface area contributed by atoms with Gasteiger partial charge in [0, 0.05) is 18.3 Å². The number of aromatic nitrogens is 1. The van der Waals surface area contributed by atoms with Crippen molar-refractivity contribution < 1.29 is 0 Å². The fraction of sp³-hybridized carbons (Fsp3) is 0.615. The normalized spacial score (nSPS) is 20.7. The van der Waals surface area contributed by atoms with Gasteiger partial charge in [0.1, 0.15) is 11.9 Å². The van der Waals surface area contributed by atoms with Gasteiger partial charge in [-0.3, -0.25) is 0 Å². The second-order valence-electron chi connectivity index (χ2n) is 4.97. The van der Waals surface area contributed by atoms with E-state index in [1.54, 1.807) is 0 Å². The third-order valence-electron chi connectivity index (χ3n) is 4.05. The Labute approximate surface area is 103 Å². The summed E-state index contributed by atoms with van der Waals surface area (Å²) in [7, 11) is 2.16. The van der Waals surface area contributed by atoms with Gasteiger partial charge in [0.2, 0.25) is 0 Å². The fourth-order valence-corrected chi connectivity index (χ4v) is 2.69. The van der Waals surface area contributed by atoms with Crippen LogP contribution in [0.25, 0.3) is 0 Å². The van der Waals surface area contributed by atoms with Crippen LogP contribution in [0.3, 0.4) is 0 Å². The first-order valence-electron chi connectivity index (χ1n) is 6.11. The third kappa shape index (κ3) is 1.91. The Morgan fingerprint density at radius 1 is 1.47 bits per heavy atom. The number of likely N-dealkylation sites (N-methyl/N-ethyl adjacent to an activating group) is 1. The Kier molecular flexibility index (Phi) is 3.12. The highest BCUT2D eigenvalue weighted by Gasteiger charge is 2.24. The maximum Gasteiger partial charge on any atom is 0.122 e. The molecule has 1 unspecified atom stereocenters. The van der Waals surface area contributed by atoms with Gasteiger partial charge in [-0.2, -0.15) is 5.26 Å². The summed E-state index contributed by atoms with van der Waals surface area (Å²) in [6.07, 6.45) is 2.47. The van der Waals surface area contributed by atoms with Gasteiger partial charge in [0.05, 0.1) is 5.56 Å². The molecule has 0 aromatic carbocycles. The summed E-state index contributed by atoms with van der Waals surface area (Å²) in [5.41, 5.74) is 8.85. The summed E-state index contributed by atoms with van der Waals surface area (Å²) in [5.74, 6) is 0.628. The molecule has 0 radical (unpaired) electrons. The molecule has 1 aliphatic heterocycles. The van der Waals surface area contributed by atoms with E-state index in [4.69, 9.17) is 11.0 Å². The highest BCUT2D eigenvalue weighted by molar-refractivity contribution is 5.57. The van der Waals surface area contributed by atoms with Crippen molar-refractivity contribution >= 4 is 5.82 Å². The molecule has 2 heterocycles. The summed E-state index contributed by atoms with van der Waals surface area (Å²) in [5, 5.41) is 9.10. The number of anilines is 1. The maximum absolute atomic E-state index is 9.10. The lowest BCUT2D eigenvalue weighted by Crippen LogP contribution is -2.30. The molecule has 1 aromatic heterocycles. The van der Waals surface area contributed by atoms with Crippen LogP contribution >= 0.6 is 0 Å². The van der Waals surface area contributed by atoms with Gasteiger partial charge in [0.25, 0.3) is 0 Å². The average molecular weight is 232 g/mol. The number of rotatable bonds is 2. The van der Waals surface area contributed by atoms with Gasteiger partial charge >= 0.3 is 0 Å². The molecule has 2 rings (SSSR count). The van der Waals surface area contributed by atoms with E-state index in [0.717, 1.165) is 24.3 Å². The summed E-state index contributed by atoms with van der Waals surface area (Å²) < 4.78 is 2.10. The predicted octanol–water partition coefficient (Wildman–Crippen LogP) is 1.65. The highest BCUT2D eigenvalue weighted by atomic mass is 15.2. The van der Waals surface area contributed by atoms with E-state index in [2.05, 4.69) is 22.6 Å². The smallest absolute Gasteiger partial charge is 0.122 e. The zero-order chi connectivity index (χ0) is 12.6. The van der Waals surface area contributed by atoms with E-state index in [0.29, 0.717) is 17.4 Å². The fourth-order valence-electron chi connectivity index (χ4n) is 2.69. The van der Waals surface area contributed by atoms with E-state index in [1.165, 1.54) is 12.8 Å². The Morgan fingerprint density at radius 2 is 2.18 bits per heavy atom. The van der Waals surface area contributed by atoms with Crippen LogP contribution in [0.15, 0.2) is 0 Å². The zero-order valence-corrected chi connectivity index (χ0v) is 10.8. The van der Waals surface area contributed by atoms with Gasteiger partial charge in [-0.05, 0) is 45.8 Å². The van der Waals surface area contributed by atoms with E-state index >= 15 is 0 Å². The minimum absolute atomic E-state index is 0.550. The molecule has 4 nitrogen and oxygen atoms in total. The van der Waals surface area contributed by atoms with Gasteiger partial charge in [-0.15, -0.1) is 0 Å². The molecule has 2 N–H and O–H groups in total. The van der Waals surface area contributed by atoms with Crippen molar-refractivity contribution in [2.24, 2.45) is 0 Å². The molecular weight excluding hydrogens is 212 g/mol. The second-order valence-corrected chi connectivity index (χ2v) is 4.97. The molecule has 1 atom stereocenters. The van der Waals surface area contributed by atoms with Crippen LogP contribution in [-0.4, -0.2) is 29.1 Å². The first-order chi connectivity index (χ1) is 8.06. The number of nitrogen functional groups attached to an aromatic ring is 1. The first kappa shape index (κ1) is 12.0. The van der Waals surface area contributed by atoms with Crippen LogP contribution in [0, 0.1) is 25.2 Å². The predicted molar refractivity (Wildman–Crippen MR) is 68.7 cm³/mol. The standard InChI is InChI=1S/C13H20N4/c1-9-10(2)17(13(15)12(9)7-14)8-11-5-4-6-16(11)3/h11H,4-6,8,15H2,1-3H3. The zero-order valence-electron chi connectivity index (χ0n) is 10.8. The lowest BCUT2D eigenvalue weighted by molar-refractivity contribution is 0.282. The van der Waals surface area contributed by atoms with E-state index in [-0.39, 0.29) is 0 Å².